The molecular weight excluding hydrogens is 302 g/mol. The highest BCUT2D eigenvalue weighted by molar-refractivity contribution is 9.10. The van der Waals surface area contributed by atoms with Gasteiger partial charge in [0, 0.05) is 23.5 Å². The molecule has 3 heteroatoms. The topological polar surface area (TPSA) is 20.3 Å². The molecule has 1 saturated carbocycles. The van der Waals surface area contributed by atoms with E-state index in [9.17, 15) is 4.79 Å². The molecule has 0 aliphatic heterocycles. The Bertz CT molecular complexity index is 452. The maximum atomic E-state index is 12.6. The molecule has 1 aliphatic carbocycles. The monoisotopic (exact) mass is 323 g/mol. The minimum Gasteiger partial charge on any atom is -0.341 e. The van der Waals surface area contributed by atoms with Gasteiger partial charge in [-0.3, -0.25) is 4.79 Å². The van der Waals surface area contributed by atoms with Gasteiger partial charge in [0.15, 0.2) is 0 Å². The summed E-state index contributed by atoms with van der Waals surface area (Å²) < 4.78 is 1.07. The standard InChI is InChI=1S/C16H22BrNO/c1-16(10-6-3-7-11-16)15(19)18(2)12-13-8-4-5-9-14(13)17/h4-5,8-9H,3,6-7,10-12H2,1-2H3. The largest absolute Gasteiger partial charge is 0.341 e. The maximum absolute atomic E-state index is 12.6. The third kappa shape index (κ3) is 3.38. The smallest absolute Gasteiger partial charge is 0.228 e. The summed E-state index contributed by atoms with van der Waals surface area (Å²) in [6.45, 7) is 2.81. The average molecular weight is 324 g/mol. The zero-order chi connectivity index (χ0) is 13.9. The second kappa shape index (κ2) is 6.08. The van der Waals surface area contributed by atoms with Crippen molar-refractivity contribution in [3.05, 3.63) is 34.3 Å². The molecule has 104 valence electrons. The van der Waals surface area contributed by atoms with Crippen molar-refractivity contribution in [1.82, 2.24) is 4.90 Å². The Morgan fingerprint density at radius 3 is 2.53 bits per heavy atom. The van der Waals surface area contributed by atoms with Crippen LogP contribution in [-0.4, -0.2) is 17.9 Å². The Morgan fingerprint density at radius 1 is 1.26 bits per heavy atom. The SMILES string of the molecule is CN(Cc1ccccc1Br)C(=O)C1(C)CCCCC1. The lowest BCUT2D eigenvalue weighted by molar-refractivity contribution is -0.142. The quantitative estimate of drug-likeness (QED) is 0.808. The van der Waals surface area contributed by atoms with Crippen molar-refractivity contribution in [2.45, 2.75) is 45.6 Å². The molecule has 2 rings (SSSR count). The van der Waals surface area contributed by atoms with Gasteiger partial charge in [-0.2, -0.15) is 0 Å². The fraction of sp³-hybridized carbons (Fsp3) is 0.562. The summed E-state index contributed by atoms with van der Waals surface area (Å²) in [5, 5.41) is 0. The van der Waals surface area contributed by atoms with Gasteiger partial charge < -0.3 is 4.90 Å². The van der Waals surface area contributed by atoms with Crippen LogP contribution < -0.4 is 0 Å². The van der Waals surface area contributed by atoms with Gasteiger partial charge in [-0.25, -0.2) is 0 Å². The van der Waals surface area contributed by atoms with Crippen LogP contribution in [0.25, 0.3) is 0 Å². The summed E-state index contributed by atoms with van der Waals surface area (Å²) in [4.78, 5) is 14.5. The number of hydrogen-bond acceptors (Lipinski definition) is 1. The molecule has 19 heavy (non-hydrogen) atoms. The third-order valence-electron chi connectivity index (χ3n) is 4.19. The van der Waals surface area contributed by atoms with Crippen LogP contribution in [0.5, 0.6) is 0 Å². The van der Waals surface area contributed by atoms with E-state index in [1.807, 2.05) is 30.1 Å². The predicted molar refractivity (Wildman–Crippen MR) is 81.8 cm³/mol. The van der Waals surface area contributed by atoms with Gasteiger partial charge in [-0.1, -0.05) is 60.3 Å². The van der Waals surface area contributed by atoms with Crippen molar-refractivity contribution in [1.29, 1.82) is 0 Å². The summed E-state index contributed by atoms with van der Waals surface area (Å²) in [5.41, 5.74) is 1.02. The Hall–Kier alpha value is -0.830. The maximum Gasteiger partial charge on any atom is 0.228 e. The van der Waals surface area contributed by atoms with Crippen LogP contribution in [0.3, 0.4) is 0 Å². The molecule has 1 aliphatic rings. The van der Waals surface area contributed by atoms with E-state index in [-0.39, 0.29) is 5.41 Å². The lowest BCUT2D eigenvalue weighted by atomic mass is 9.74. The van der Waals surface area contributed by atoms with E-state index in [2.05, 4.69) is 28.9 Å². The van der Waals surface area contributed by atoms with Crippen LogP contribution in [0.2, 0.25) is 0 Å². The van der Waals surface area contributed by atoms with Gasteiger partial charge >= 0.3 is 0 Å². The molecule has 1 fully saturated rings. The first kappa shape index (κ1) is 14.6. The normalized spacial score (nSPS) is 18.1. The van der Waals surface area contributed by atoms with Gasteiger partial charge in [0.1, 0.15) is 0 Å². The van der Waals surface area contributed by atoms with Crippen LogP contribution in [0.15, 0.2) is 28.7 Å². The van der Waals surface area contributed by atoms with Gasteiger partial charge in [0.05, 0.1) is 0 Å². The van der Waals surface area contributed by atoms with E-state index < -0.39 is 0 Å². The van der Waals surface area contributed by atoms with Crippen molar-refractivity contribution < 1.29 is 4.79 Å². The summed E-state index contributed by atoms with van der Waals surface area (Å²) in [6.07, 6.45) is 5.71. The van der Waals surface area contributed by atoms with Gasteiger partial charge in [0.2, 0.25) is 5.91 Å². The highest BCUT2D eigenvalue weighted by atomic mass is 79.9. The van der Waals surface area contributed by atoms with E-state index in [1.54, 1.807) is 0 Å². The number of carbonyl (C=O) groups excluding carboxylic acids is 1. The lowest BCUT2D eigenvalue weighted by Gasteiger charge is -2.35. The molecule has 1 amide bonds. The van der Waals surface area contributed by atoms with Crippen LogP contribution >= 0.6 is 15.9 Å². The fourth-order valence-corrected chi connectivity index (χ4v) is 3.37. The minimum absolute atomic E-state index is 0.145. The molecule has 0 heterocycles. The molecule has 0 spiro atoms. The number of carbonyl (C=O) groups is 1. The van der Waals surface area contributed by atoms with Crippen LogP contribution in [0.1, 0.15) is 44.6 Å². The number of nitrogens with zero attached hydrogens (tertiary/aromatic N) is 1. The Balaban J connectivity index is 2.05. The summed E-state index contributed by atoms with van der Waals surface area (Å²) >= 11 is 3.55. The molecule has 1 aromatic rings. The Kier molecular flexibility index (Phi) is 4.67. The zero-order valence-electron chi connectivity index (χ0n) is 11.8. The highest BCUT2D eigenvalue weighted by Crippen LogP contribution is 2.37. The van der Waals surface area contributed by atoms with Crippen LogP contribution in [0, 0.1) is 5.41 Å². The highest BCUT2D eigenvalue weighted by Gasteiger charge is 2.36. The van der Waals surface area contributed by atoms with Crippen molar-refractivity contribution in [3.8, 4) is 0 Å². The average Bonchev–Trinajstić information content (AvgIpc) is 2.41. The number of halogens is 1. The van der Waals surface area contributed by atoms with E-state index in [0.717, 1.165) is 22.9 Å². The molecule has 0 unspecified atom stereocenters. The first-order chi connectivity index (χ1) is 9.03. The van der Waals surface area contributed by atoms with E-state index in [0.29, 0.717) is 12.5 Å². The predicted octanol–water partition coefficient (Wildman–Crippen LogP) is 4.38. The first-order valence-electron chi connectivity index (χ1n) is 7.02. The second-order valence-electron chi connectivity index (χ2n) is 5.87. The van der Waals surface area contributed by atoms with Crippen LogP contribution in [-0.2, 0) is 11.3 Å². The summed E-state index contributed by atoms with van der Waals surface area (Å²) in [6, 6.07) is 8.10. The molecular formula is C16H22BrNO. The summed E-state index contributed by atoms with van der Waals surface area (Å²) in [7, 11) is 1.92. The Morgan fingerprint density at radius 2 is 1.89 bits per heavy atom. The summed E-state index contributed by atoms with van der Waals surface area (Å²) in [5.74, 6) is 0.294. The minimum atomic E-state index is -0.145. The fourth-order valence-electron chi connectivity index (χ4n) is 2.96. The van der Waals surface area contributed by atoms with Crippen molar-refractivity contribution in [2.24, 2.45) is 5.41 Å². The van der Waals surface area contributed by atoms with Gasteiger partial charge in [-0.15, -0.1) is 0 Å². The third-order valence-corrected chi connectivity index (χ3v) is 4.96. The van der Waals surface area contributed by atoms with Crippen LogP contribution in [0.4, 0.5) is 0 Å². The molecule has 0 atom stereocenters. The first-order valence-corrected chi connectivity index (χ1v) is 7.81. The molecule has 1 aromatic carbocycles. The number of amides is 1. The molecule has 0 aromatic heterocycles. The zero-order valence-corrected chi connectivity index (χ0v) is 13.4. The van der Waals surface area contributed by atoms with Crippen molar-refractivity contribution >= 4 is 21.8 Å². The van der Waals surface area contributed by atoms with Crippen molar-refractivity contribution in [3.63, 3.8) is 0 Å². The van der Waals surface area contributed by atoms with E-state index >= 15 is 0 Å². The Labute approximate surface area is 124 Å². The van der Waals surface area contributed by atoms with E-state index in [1.165, 1.54) is 19.3 Å². The molecule has 2 nitrogen and oxygen atoms in total. The number of hydrogen-bond donors (Lipinski definition) is 0. The number of rotatable bonds is 3. The van der Waals surface area contributed by atoms with Crippen molar-refractivity contribution in [2.75, 3.05) is 7.05 Å². The lowest BCUT2D eigenvalue weighted by Crippen LogP contribution is -2.41. The second-order valence-corrected chi connectivity index (χ2v) is 6.73. The number of benzene rings is 1. The van der Waals surface area contributed by atoms with Gasteiger partial charge in [-0.05, 0) is 24.5 Å². The molecule has 0 N–H and O–H groups in total. The van der Waals surface area contributed by atoms with E-state index in [4.69, 9.17) is 0 Å². The molecule has 0 bridgehead atoms. The molecule has 0 radical (unpaired) electrons. The van der Waals surface area contributed by atoms with Gasteiger partial charge in [0.25, 0.3) is 0 Å². The molecule has 0 saturated heterocycles.